The quantitative estimate of drug-likeness (QED) is 0.512. The molecule has 0 radical (unpaired) electrons. The Kier molecular flexibility index (Phi) is 5.15. The summed E-state index contributed by atoms with van der Waals surface area (Å²) in [6.07, 6.45) is 7.39. The molecule has 1 atom stereocenters. The average molecular weight is 333 g/mol. The van der Waals surface area contributed by atoms with Gasteiger partial charge < -0.3 is 9.09 Å². The molecule has 3 rings (SSSR count). The van der Waals surface area contributed by atoms with Gasteiger partial charge in [0.25, 0.3) is 0 Å². The van der Waals surface area contributed by atoms with Gasteiger partial charge in [0, 0.05) is 18.9 Å². The third-order valence-electron chi connectivity index (χ3n) is 3.87. The maximum absolute atomic E-state index is 5.40. The zero-order chi connectivity index (χ0) is 16.2. The van der Waals surface area contributed by atoms with Crippen molar-refractivity contribution in [2.45, 2.75) is 68.8 Å². The first-order chi connectivity index (χ1) is 11.2. The van der Waals surface area contributed by atoms with Crippen molar-refractivity contribution in [1.82, 2.24) is 24.9 Å². The van der Waals surface area contributed by atoms with Gasteiger partial charge in [0.1, 0.15) is 5.82 Å². The van der Waals surface area contributed by atoms with Gasteiger partial charge in [-0.15, -0.1) is 16.8 Å². The van der Waals surface area contributed by atoms with Gasteiger partial charge in [0.15, 0.2) is 11.0 Å². The van der Waals surface area contributed by atoms with Crippen LogP contribution in [0.1, 0.15) is 68.2 Å². The Balaban J connectivity index is 1.70. The van der Waals surface area contributed by atoms with Crippen molar-refractivity contribution in [2.75, 3.05) is 0 Å². The molecule has 7 heteroatoms. The highest BCUT2D eigenvalue weighted by atomic mass is 32.2. The largest absolute Gasteiger partial charge is 0.338 e. The van der Waals surface area contributed by atoms with Crippen molar-refractivity contribution >= 4 is 11.8 Å². The molecule has 1 fully saturated rings. The van der Waals surface area contributed by atoms with Gasteiger partial charge in [-0.1, -0.05) is 36.3 Å². The van der Waals surface area contributed by atoms with Gasteiger partial charge in [-0.2, -0.15) is 4.98 Å². The molecule has 1 aliphatic rings. The lowest BCUT2D eigenvalue weighted by Gasteiger charge is -2.09. The van der Waals surface area contributed by atoms with Crippen LogP contribution in [0, 0.1) is 0 Å². The van der Waals surface area contributed by atoms with Crippen molar-refractivity contribution in [1.29, 1.82) is 0 Å². The van der Waals surface area contributed by atoms with E-state index in [1.807, 2.05) is 6.08 Å². The summed E-state index contributed by atoms with van der Waals surface area (Å²) in [5.74, 6) is 3.09. The van der Waals surface area contributed by atoms with Crippen LogP contribution >= 0.6 is 11.8 Å². The van der Waals surface area contributed by atoms with Crippen LogP contribution in [0.3, 0.4) is 0 Å². The van der Waals surface area contributed by atoms with E-state index in [0.29, 0.717) is 11.8 Å². The van der Waals surface area contributed by atoms with Gasteiger partial charge in [-0.3, -0.25) is 0 Å². The molecular formula is C16H23N5OS. The van der Waals surface area contributed by atoms with Crippen LogP contribution in [0.25, 0.3) is 0 Å². The number of thioether (sulfide) groups is 1. The zero-order valence-electron chi connectivity index (χ0n) is 13.7. The molecule has 0 spiro atoms. The molecule has 2 aromatic heterocycles. The SMILES string of the molecule is C=CCn1c(SC(C)c2nc(CCCC)no2)nnc1C1CC1. The van der Waals surface area contributed by atoms with E-state index < -0.39 is 0 Å². The highest BCUT2D eigenvalue weighted by Crippen LogP contribution is 2.41. The number of aromatic nitrogens is 5. The summed E-state index contributed by atoms with van der Waals surface area (Å²) in [5.41, 5.74) is 0. The van der Waals surface area contributed by atoms with Gasteiger partial charge in [-0.25, -0.2) is 0 Å². The molecule has 0 bridgehead atoms. The Hall–Kier alpha value is -1.63. The standard InChI is InChI=1S/C16H23N5OS/c1-4-6-7-13-17-15(22-20-13)11(3)23-16-19-18-14(12-8-9-12)21(16)10-5-2/h5,11-12H,2,4,6-10H2,1,3H3. The third-order valence-corrected chi connectivity index (χ3v) is 4.94. The average Bonchev–Trinajstić information content (AvgIpc) is 3.15. The Bertz CT molecular complexity index is 661. The molecule has 0 N–H and O–H groups in total. The molecular weight excluding hydrogens is 310 g/mol. The van der Waals surface area contributed by atoms with E-state index in [0.717, 1.165) is 42.6 Å². The van der Waals surface area contributed by atoms with Crippen LogP contribution in [0.2, 0.25) is 0 Å². The fourth-order valence-corrected chi connectivity index (χ4v) is 3.31. The fourth-order valence-electron chi connectivity index (χ4n) is 2.41. The van der Waals surface area contributed by atoms with E-state index in [1.165, 1.54) is 12.8 Å². The number of aryl methyl sites for hydroxylation is 1. The smallest absolute Gasteiger partial charge is 0.239 e. The molecule has 0 saturated heterocycles. The first-order valence-electron chi connectivity index (χ1n) is 8.26. The van der Waals surface area contributed by atoms with E-state index in [2.05, 4.69) is 45.3 Å². The van der Waals surface area contributed by atoms with Crippen molar-refractivity contribution in [2.24, 2.45) is 0 Å². The van der Waals surface area contributed by atoms with Crippen LogP contribution < -0.4 is 0 Å². The van der Waals surface area contributed by atoms with Crippen LogP contribution in [-0.4, -0.2) is 24.9 Å². The molecule has 1 saturated carbocycles. The van der Waals surface area contributed by atoms with Crippen molar-refractivity contribution in [3.8, 4) is 0 Å². The summed E-state index contributed by atoms with van der Waals surface area (Å²) >= 11 is 1.61. The lowest BCUT2D eigenvalue weighted by Crippen LogP contribution is -2.03. The van der Waals surface area contributed by atoms with E-state index in [1.54, 1.807) is 11.8 Å². The maximum atomic E-state index is 5.40. The lowest BCUT2D eigenvalue weighted by molar-refractivity contribution is 0.374. The summed E-state index contributed by atoms with van der Waals surface area (Å²) < 4.78 is 7.56. The second-order valence-corrected chi connectivity index (χ2v) is 7.23. The minimum Gasteiger partial charge on any atom is -0.338 e. The van der Waals surface area contributed by atoms with E-state index in [-0.39, 0.29) is 5.25 Å². The molecule has 2 heterocycles. The summed E-state index contributed by atoms with van der Waals surface area (Å²) in [4.78, 5) is 4.50. The molecule has 1 unspecified atom stereocenters. The minimum atomic E-state index is 0.0534. The minimum absolute atomic E-state index is 0.0534. The first kappa shape index (κ1) is 16.2. The molecule has 124 valence electrons. The number of unbranched alkanes of at least 4 members (excludes halogenated alkanes) is 1. The summed E-state index contributed by atoms with van der Waals surface area (Å²) in [6.45, 7) is 8.79. The van der Waals surface area contributed by atoms with E-state index >= 15 is 0 Å². The number of hydrogen-bond donors (Lipinski definition) is 0. The van der Waals surface area contributed by atoms with Gasteiger partial charge >= 0.3 is 0 Å². The van der Waals surface area contributed by atoms with Gasteiger partial charge in [0.05, 0.1) is 5.25 Å². The Morgan fingerprint density at radius 2 is 2.26 bits per heavy atom. The summed E-state index contributed by atoms with van der Waals surface area (Å²) in [5, 5.41) is 13.7. The zero-order valence-corrected chi connectivity index (χ0v) is 14.6. The Morgan fingerprint density at radius 1 is 1.43 bits per heavy atom. The number of allylic oxidation sites excluding steroid dienone is 1. The highest BCUT2D eigenvalue weighted by molar-refractivity contribution is 7.99. The van der Waals surface area contributed by atoms with E-state index in [4.69, 9.17) is 4.52 Å². The molecule has 0 amide bonds. The Labute approximate surface area is 140 Å². The van der Waals surface area contributed by atoms with Crippen LogP contribution in [0.5, 0.6) is 0 Å². The van der Waals surface area contributed by atoms with Crippen LogP contribution in [0.4, 0.5) is 0 Å². The van der Waals surface area contributed by atoms with Crippen molar-refractivity contribution < 1.29 is 4.52 Å². The number of rotatable bonds is 9. The molecule has 1 aliphatic carbocycles. The highest BCUT2D eigenvalue weighted by Gasteiger charge is 2.30. The van der Waals surface area contributed by atoms with Crippen LogP contribution in [0.15, 0.2) is 22.3 Å². The number of hydrogen-bond acceptors (Lipinski definition) is 6. The lowest BCUT2D eigenvalue weighted by atomic mass is 10.2. The second kappa shape index (κ2) is 7.29. The fraction of sp³-hybridized carbons (Fsp3) is 0.625. The first-order valence-corrected chi connectivity index (χ1v) is 9.14. The van der Waals surface area contributed by atoms with Crippen molar-refractivity contribution in [3.05, 3.63) is 30.2 Å². The Morgan fingerprint density at radius 3 is 2.96 bits per heavy atom. The predicted octanol–water partition coefficient (Wildman–Crippen LogP) is 3.92. The van der Waals surface area contributed by atoms with E-state index in [9.17, 15) is 0 Å². The topological polar surface area (TPSA) is 69.6 Å². The van der Waals surface area contributed by atoms with Crippen molar-refractivity contribution in [3.63, 3.8) is 0 Å². The summed E-state index contributed by atoms with van der Waals surface area (Å²) in [7, 11) is 0. The summed E-state index contributed by atoms with van der Waals surface area (Å²) in [6, 6.07) is 0. The van der Waals surface area contributed by atoms with Crippen LogP contribution in [-0.2, 0) is 13.0 Å². The second-order valence-electron chi connectivity index (χ2n) is 5.93. The normalized spacial score (nSPS) is 15.7. The monoisotopic (exact) mass is 333 g/mol. The molecule has 0 aromatic carbocycles. The number of nitrogens with zero attached hydrogens (tertiary/aromatic N) is 5. The molecule has 6 nitrogen and oxygen atoms in total. The third kappa shape index (κ3) is 3.83. The molecule has 0 aliphatic heterocycles. The van der Waals surface area contributed by atoms with Gasteiger partial charge in [-0.05, 0) is 26.2 Å². The molecule has 23 heavy (non-hydrogen) atoms. The molecule has 2 aromatic rings. The van der Waals surface area contributed by atoms with Gasteiger partial charge in [0.2, 0.25) is 5.89 Å². The predicted molar refractivity (Wildman–Crippen MR) is 89.4 cm³/mol. The maximum Gasteiger partial charge on any atom is 0.239 e.